The zero-order chi connectivity index (χ0) is 26.4. The Morgan fingerprint density at radius 1 is 1.08 bits per heavy atom. The number of hydrogen-bond acceptors (Lipinski definition) is 6. The van der Waals surface area contributed by atoms with Gasteiger partial charge in [-0.2, -0.15) is 0 Å². The van der Waals surface area contributed by atoms with Crippen LogP contribution in [-0.4, -0.2) is 51.9 Å². The summed E-state index contributed by atoms with van der Waals surface area (Å²) in [6, 6.07) is 20.4. The Morgan fingerprint density at radius 3 is 2.38 bits per heavy atom. The number of thioether (sulfide) groups is 1. The quantitative estimate of drug-likeness (QED) is 0.406. The number of carbonyl (C=O) groups is 3. The lowest BCUT2D eigenvalue weighted by atomic mass is 10.1. The number of carboxylic acid groups (broad SMARTS) is 1. The maximum atomic E-state index is 13.2. The summed E-state index contributed by atoms with van der Waals surface area (Å²) in [4.78, 5) is 43.6. The molecule has 10 heteroatoms. The van der Waals surface area contributed by atoms with Crippen LogP contribution in [-0.2, 0) is 16.0 Å². The van der Waals surface area contributed by atoms with E-state index in [1.165, 1.54) is 36.0 Å². The summed E-state index contributed by atoms with van der Waals surface area (Å²) in [6.45, 7) is 0.396. The highest BCUT2D eigenvalue weighted by Gasteiger charge is 2.35. The first-order valence-corrected chi connectivity index (χ1v) is 12.7. The van der Waals surface area contributed by atoms with Crippen LogP contribution in [0, 0.1) is 0 Å². The standard InChI is InChI=1S/C27H24ClN3O5S/c1-36-22-12-10-21(11-13-22)30-27-31(15-14-17-2-6-19(28)7-3-17)24(32)16-23(37-27)25(33)29-20-8-4-18(5-9-20)26(34)35/h2-13,23H,14-16H2,1H3,(H,29,33)(H,34,35). The second kappa shape index (κ2) is 11.9. The number of hydrogen-bond donors (Lipinski definition) is 2. The van der Waals surface area contributed by atoms with E-state index in [0.717, 1.165) is 5.56 Å². The number of rotatable bonds is 8. The number of aromatic carboxylic acids is 1. The molecule has 1 saturated heterocycles. The zero-order valence-corrected chi connectivity index (χ0v) is 21.5. The molecule has 2 N–H and O–H groups in total. The molecule has 3 aromatic rings. The molecule has 2 amide bonds. The molecule has 37 heavy (non-hydrogen) atoms. The van der Waals surface area contributed by atoms with Crippen LogP contribution in [0.2, 0.25) is 5.02 Å². The molecule has 8 nitrogen and oxygen atoms in total. The second-order valence-electron chi connectivity index (χ2n) is 8.20. The van der Waals surface area contributed by atoms with Gasteiger partial charge in [0.15, 0.2) is 5.17 Å². The van der Waals surface area contributed by atoms with Crippen molar-refractivity contribution in [1.82, 2.24) is 4.90 Å². The molecule has 3 aromatic carbocycles. The first-order valence-electron chi connectivity index (χ1n) is 11.4. The fraction of sp³-hybridized carbons (Fsp3) is 0.185. The molecule has 0 spiro atoms. The van der Waals surface area contributed by atoms with E-state index in [1.807, 2.05) is 12.1 Å². The van der Waals surface area contributed by atoms with Gasteiger partial charge in [-0.25, -0.2) is 9.79 Å². The van der Waals surface area contributed by atoms with Gasteiger partial charge in [0.05, 0.1) is 18.4 Å². The van der Waals surface area contributed by atoms with E-state index in [9.17, 15) is 14.4 Å². The van der Waals surface area contributed by atoms with E-state index in [-0.39, 0.29) is 23.8 Å². The number of benzene rings is 3. The Morgan fingerprint density at radius 2 is 1.76 bits per heavy atom. The molecule has 0 aromatic heterocycles. The van der Waals surface area contributed by atoms with Gasteiger partial charge in [-0.3, -0.25) is 14.5 Å². The third-order valence-corrected chi connectivity index (χ3v) is 7.11. The number of halogens is 1. The lowest BCUT2D eigenvalue weighted by Gasteiger charge is -2.32. The van der Waals surface area contributed by atoms with Gasteiger partial charge in [-0.05, 0) is 72.6 Å². The molecule has 1 aliphatic rings. The van der Waals surface area contributed by atoms with E-state index < -0.39 is 11.2 Å². The molecule has 0 saturated carbocycles. The summed E-state index contributed by atoms with van der Waals surface area (Å²) < 4.78 is 5.21. The predicted molar refractivity (Wildman–Crippen MR) is 145 cm³/mol. The molecule has 1 heterocycles. The minimum absolute atomic E-state index is 0.00591. The fourth-order valence-electron chi connectivity index (χ4n) is 3.64. The molecule has 0 bridgehead atoms. The average Bonchev–Trinajstić information content (AvgIpc) is 2.90. The molecule has 190 valence electrons. The highest BCUT2D eigenvalue weighted by molar-refractivity contribution is 8.15. The van der Waals surface area contributed by atoms with Crippen molar-refractivity contribution < 1.29 is 24.2 Å². The molecular weight excluding hydrogens is 514 g/mol. The Bertz CT molecular complexity index is 1310. The SMILES string of the molecule is COc1ccc(N=C2SC(C(=O)Nc3ccc(C(=O)O)cc3)CC(=O)N2CCc2ccc(Cl)cc2)cc1. The maximum Gasteiger partial charge on any atom is 0.335 e. The Hall–Kier alpha value is -3.82. The van der Waals surface area contributed by atoms with Gasteiger partial charge in [0.2, 0.25) is 11.8 Å². The van der Waals surface area contributed by atoms with Crippen LogP contribution >= 0.6 is 23.4 Å². The average molecular weight is 538 g/mol. The normalized spacial score (nSPS) is 16.5. The van der Waals surface area contributed by atoms with E-state index in [1.54, 1.807) is 48.4 Å². The Kier molecular flexibility index (Phi) is 8.47. The van der Waals surface area contributed by atoms with Crippen molar-refractivity contribution >= 4 is 57.7 Å². The lowest BCUT2D eigenvalue weighted by molar-refractivity contribution is -0.129. The van der Waals surface area contributed by atoms with Crippen molar-refractivity contribution in [2.45, 2.75) is 18.1 Å². The third kappa shape index (κ3) is 6.90. The molecule has 1 aliphatic heterocycles. The molecule has 1 fully saturated rings. The van der Waals surface area contributed by atoms with Gasteiger partial charge in [-0.1, -0.05) is 35.5 Å². The van der Waals surface area contributed by atoms with Gasteiger partial charge in [0.1, 0.15) is 11.0 Å². The van der Waals surface area contributed by atoms with Crippen molar-refractivity contribution in [3.8, 4) is 5.75 Å². The van der Waals surface area contributed by atoms with E-state index >= 15 is 0 Å². The summed E-state index contributed by atoms with van der Waals surface area (Å²) in [6.07, 6.45) is 0.601. The smallest absolute Gasteiger partial charge is 0.335 e. The number of aliphatic imine (C=N–C) groups is 1. The van der Waals surface area contributed by atoms with Crippen LogP contribution in [0.25, 0.3) is 0 Å². The van der Waals surface area contributed by atoms with Crippen molar-refractivity contribution in [3.05, 3.63) is 88.9 Å². The number of nitrogens with zero attached hydrogens (tertiary/aromatic N) is 2. The van der Waals surface area contributed by atoms with Crippen LogP contribution < -0.4 is 10.1 Å². The van der Waals surface area contributed by atoms with Gasteiger partial charge in [-0.15, -0.1) is 0 Å². The Balaban J connectivity index is 1.53. The van der Waals surface area contributed by atoms with Crippen molar-refractivity contribution in [2.75, 3.05) is 19.0 Å². The first-order chi connectivity index (χ1) is 17.8. The molecule has 4 rings (SSSR count). The summed E-state index contributed by atoms with van der Waals surface area (Å²) >= 11 is 7.20. The third-order valence-electron chi connectivity index (χ3n) is 5.67. The summed E-state index contributed by atoms with van der Waals surface area (Å²) in [5.41, 5.74) is 2.21. The summed E-state index contributed by atoms with van der Waals surface area (Å²) in [7, 11) is 1.58. The number of anilines is 1. The predicted octanol–water partition coefficient (Wildman–Crippen LogP) is 5.25. The minimum Gasteiger partial charge on any atom is -0.497 e. The second-order valence-corrected chi connectivity index (χ2v) is 9.80. The highest BCUT2D eigenvalue weighted by atomic mass is 35.5. The molecular formula is C27H24ClN3O5S. The highest BCUT2D eigenvalue weighted by Crippen LogP contribution is 2.31. The van der Waals surface area contributed by atoms with Crippen LogP contribution in [0.5, 0.6) is 5.75 Å². The Labute approximate surface area is 223 Å². The number of ether oxygens (including phenoxy) is 1. The zero-order valence-electron chi connectivity index (χ0n) is 19.9. The monoisotopic (exact) mass is 537 g/mol. The maximum absolute atomic E-state index is 13.2. The number of methoxy groups -OCH3 is 1. The number of amidine groups is 1. The topological polar surface area (TPSA) is 108 Å². The van der Waals surface area contributed by atoms with Crippen molar-refractivity contribution in [1.29, 1.82) is 0 Å². The fourth-order valence-corrected chi connectivity index (χ4v) is 4.89. The van der Waals surface area contributed by atoms with Crippen LogP contribution in [0.15, 0.2) is 77.8 Å². The summed E-state index contributed by atoms with van der Waals surface area (Å²) in [5.74, 6) is -0.936. The molecule has 0 aliphatic carbocycles. The van der Waals surface area contributed by atoms with Gasteiger partial charge in [0.25, 0.3) is 0 Å². The largest absolute Gasteiger partial charge is 0.497 e. The number of nitrogens with one attached hydrogen (secondary N) is 1. The molecule has 0 radical (unpaired) electrons. The number of carbonyl (C=O) groups excluding carboxylic acids is 2. The van der Waals surface area contributed by atoms with Gasteiger partial charge < -0.3 is 15.2 Å². The van der Waals surface area contributed by atoms with Crippen molar-refractivity contribution in [3.63, 3.8) is 0 Å². The van der Waals surface area contributed by atoms with Crippen LogP contribution in [0.3, 0.4) is 0 Å². The first kappa shape index (κ1) is 26.2. The van der Waals surface area contributed by atoms with E-state index in [2.05, 4.69) is 10.3 Å². The summed E-state index contributed by atoms with van der Waals surface area (Å²) in [5, 5.41) is 12.2. The van der Waals surface area contributed by atoms with E-state index in [0.29, 0.717) is 40.3 Å². The lowest BCUT2D eigenvalue weighted by Crippen LogP contribution is -2.46. The van der Waals surface area contributed by atoms with Crippen LogP contribution in [0.1, 0.15) is 22.3 Å². The van der Waals surface area contributed by atoms with E-state index in [4.69, 9.17) is 21.4 Å². The van der Waals surface area contributed by atoms with Gasteiger partial charge in [0, 0.05) is 23.7 Å². The number of carboxylic acids is 1. The van der Waals surface area contributed by atoms with Crippen LogP contribution in [0.4, 0.5) is 11.4 Å². The molecule has 1 atom stereocenters. The minimum atomic E-state index is -1.05. The van der Waals surface area contributed by atoms with Crippen molar-refractivity contribution in [2.24, 2.45) is 4.99 Å². The number of amides is 2. The molecule has 1 unspecified atom stereocenters. The van der Waals surface area contributed by atoms with Gasteiger partial charge >= 0.3 is 5.97 Å².